The topological polar surface area (TPSA) is 3.24 Å². The maximum absolute atomic E-state index is 2.41. The van der Waals surface area contributed by atoms with Crippen molar-refractivity contribution in [3.63, 3.8) is 0 Å². The van der Waals surface area contributed by atoms with Gasteiger partial charge in [-0.15, -0.1) is 0 Å². The third kappa shape index (κ3) is 1.78. The highest BCUT2D eigenvalue weighted by Gasteiger charge is 2.28. The Morgan fingerprint density at radius 3 is 2.65 bits per heavy atom. The van der Waals surface area contributed by atoms with E-state index in [2.05, 4.69) is 78.7 Å². The van der Waals surface area contributed by atoms with Gasteiger partial charge in [-0.1, -0.05) is 54.1 Å². The first-order chi connectivity index (χ1) is 9.81. The Hall–Kier alpha value is -2.28. The van der Waals surface area contributed by atoms with Gasteiger partial charge in [-0.2, -0.15) is 0 Å². The molecule has 98 valence electrons. The van der Waals surface area contributed by atoms with E-state index in [1.54, 1.807) is 0 Å². The second-order valence-corrected chi connectivity index (χ2v) is 5.62. The molecule has 2 aliphatic rings. The number of benzene rings is 2. The van der Waals surface area contributed by atoms with Crippen molar-refractivity contribution in [1.82, 2.24) is 4.90 Å². The number of aryl methyl sites for hydroxylation is 1. The van der Waals surface area contributed by atoms with Gasteiger partial charge in [0.05, 0.1) is 6.04 Å². The highest BCUT2D eigenvalue weighted by Crippen LogP contribution is 2.39. The molecule has 0 saturated heterocycles. The summed E-state index contributed by atoms with van der Waals surface area (Å²) in [6, 6.07) is 17.9. The lowest BCUT2D eigenvalue weighted by Crippen LogP contribution is -2.16. The summed E-state index contributed by atoms with van der Waals surface area (Å²) in [5, 5.41) is 0. The van der Waals surface area contributed by atoms with Crippen molar-refractivity contribution in [2.24, 2.45) is 0 Å². The fourth-order valence-electron chi connectivity index (χ4n) is 3.11. The Labute approximate surface area is 119 Å². The molecule has 1 atom stereocenters. The monoisotopic (exact) mass is 259 g/mol. The summed E-state index contributed by atoms with van der Waals surface area (Å²) in [4.78, 5) is 2.41. The molecule has 0 aliphatic carbocycles. The quantitative estimate of drug-likeness (QED) is 0.730. The van der Waals surface area contributed by atoms with Gasteiger partial charge in [0.2, 0.25) is 0 Å². The average Bonchev–Trinajstić information content (AvgIpc) is 2.86. The van der Waals surface area contributed by atoms with Crippen molar-refractivity contribution in [1.29, 1.82) is 0 Å². The van der Waals surface area contributed by atoms with Crippen LogP contribution in [-0.2, 0) is 6.54 Å². The van der Waals surface area contributed by atoms with E-state index in [4.69, 9.17) is 0 Å². The number of nitrogens with zero attached hydrogens (tertiary/aromatic N) is 1. The van der Waals surface area contributed by atoms with Crippen LogP contribution in [0.1, 0.15) is 28.3 Å². The van der Waals surface area contributed by atoms with Crippen LogP contribution in [0.4, 0.5) is 0 Å². The van der Waals surface area contributed by atoms with Crippen molar-refractivity contribution in [3.05, 3.63) is 89.1 Å². The van der Waals surface area contributed by atoms with Crippen LogP contribution in [0.2, 0.25) is 0 Å². The van der Waals surface area contributed by atoms with Crippen LogP contribution in [0.25, 0.3) is 5.57 Å². The van der Waals surface area contributed by atoms with E-state index in [1.807, 2.05) is 0 Å². The number of fused-ring (bicyclic) bond motifs is 3. The summed E-state index contributed by atoms with van der Waals surface area (Å²) in [5.41, 5.74) is 6.82. The normalized spacial score (nSPS) is 19.6. The number of hydrogen-bond donors (Lipinski definition) is 0. The standard InChI is InChI=1S/C19H17N/c1-14-6-8-15(9-7-14)16-10-11-20-13-17-4-2-3-5-18(17)19(20)12-16/h2-12,19H,13H2,1H3. The highest BCUT2D eigenvalue weighted by atomic mass is 15.2. The summed E-state index contributed by atoms with van der Waals surface area (Å²) >= 11 is 0. The van der Waals surface area contributed by atoms with Crippen LogP contribution in [0.5, 0.6) is 0 Å². The molecule has 0 spiro atoms. The van der Waals surface area contributed by atoms with Gasteiger partial charge < -0.3 is 4.90 Å². The summed E-state index contributed by atoms with van der Waals surface area (Å²) in [6.45, 7) is 3.15. The Balaban J connectivity index is 1.75. The molecule has 20 heavy (non-hydrogen) atoms. The molecule has 0 radical (unpaired) electrons. The Bertz CT molecular complexity index is 707. The van der Waals surface area contributed by atoms with Crippen molar-refractivity contribution < 1.29 is 0 Å². The van der Waals surface area contributed by atoms with Crippen LogP contribution in [0.15, 0.2) is 66.9 Å². The highest BCUT2D eigenvalue weighted by molar-refractivity contribution is 5.76. The molecule has 1 unspecified atom stereocenters. The molecule has 0 N–H and O–H groups in total. The van der Waals surface area contributed by atoms with Gasteiger partial charge >= 0.3 is 0 Å². The lowest BCUT2D eigenvalue weighted by molar-refractivity contribution is 0.351. The summed E-state index contributed by atoms with van der Waals surface area (Å²) in [6.07, 6.45) is 6.85. The summed E-state index contributed by atoms with van der Waals surface area (Å²) in [7, 11) is 0. The van der Waals surface area contributed by atoms with Crippen LogP contribution in [-0.4, -0.2) is 4.90 Å². The van der Waals surface area contributed by atoms with E-state index in [1.165, 1.54) is 27.8 Å². The minimum absolute atomic E-state index is 0.396. The van der Waals surface area contributed by atoms with Crippen molar-refractivity contribution in [3.8, 4) is 0 Å². The van der Waals surface area contributed by atoms with E-state index < -0.39 is 0 Å². The van der Waals surface area contributed by atoms with Gasteiger partial charge in [0.25, 0.3) is 0 Å². The van der Waals surface area contributed by atoms with E-state index in [-0.39, 0.29) is 0 Å². The minimum Gasteiger partial charge on any atom is -0.363 e. The third-order valence-electron chi connectivity index (χ3n) is 4.25. The predicted molar refractivity (Wildman–Crippen MR) is 83.0 cm³/mol. The molecule has 0 bridgehead atoms. The first-order valence-corrected chi connectivity index (χ1v) is 7.12. The first-order valence-electron chi connectivity index (χ1n) is 7.12. The van der Waals surface area contributed by atoms with Gasteiger partial charge in [0.15, 0.2) is 0 Å². The van der Waals surface area contributed by atoms with E-state index in [9.17, 15) is 0 Å². The maximum Gasteiger partial charge on any atom is 0.0737 e. The van der Waals surface area contributed by atoms with Gasteiger partial charge in [0, 0.05) is 12.7 Å². The fraction of sp³-hybridized carbons (Fsp3) is 0.158. The second kappa shape index (κ2) is 4.38. The molecule has 4 rings (SSSR count). The average molecular weight is 259 g/mol. The van der Waals surface area contributed by atoms with Crippen LogP contribution < -0.4 is 0 Å². The lowest BCUT2D eigenvalue weighted by atomic mass is 9.96. The number of rotatable bonds is 1. The van der Waals surface area contributed by atoms with E-state index in [0.29, 0.717) is 6.04 Å². The molecular formula is C19H17N. The summed E-state index contributed by atoms with van der Waals surface area (Å²) < 4.78 is 0. The third-order valence-corrected chi connectivity index (χ3v) is 4.25. The molecule has 0 amide bonds. The number of allylic oxidation sites excluding steroid dienone is 2. The molecular weight excluding hydrogens is 242 g/mol. The first kappa shape index (κ1) is 11.5. The second-order valence-electron chi connectivity index (χ2n) is 5.62. The largest absolute Gasteiger partial charge is 0.363 e. The lowest BCUT2D eigenvalue weighted by Gasteiger charge is -2.25. The van der Waals surface area contributed by atoms with Crippen molar-refractivity contribution >= 4 is 5.57 Å². The van der Waals surface area contributed by atoms with Gasteiger partial charge in [0.1, 0.15) is 0 Å². The Morgan fingerprint density at radius 1 is 1.00 bits per heavy atom. The molecule has 0 aromatic heterocycles. The zero-order chi connectivity index (χ0) is 13.5. The minimum atomic E-state index is 0.396. The van der Waals surface area contributed by atoms with Crippen molar-refractivity contribution in [2.75, 3.05) is 0 Å². The molecule has 2 aromatic rings. The van der Waals surface area contributed by atoms with Crippen molar-refractivity contribution in [2.45, 2.75) is 19.5 Å². The van der Waals surface area contributed by atoms with E-state index >= 15 is 0 Å². The zero-order valence-corrected chi connectivity index (χ0v) is 11.6. The number of hydrogen-bond acceptors (Lipinski definition) is 1. The Morgan fingerprint density at radius 2 is 1.80 bits per heavy atom. The van der Waals surface area contributed by atoms with Gasteiger partial charge in [-0.3, -0.25) is 0 Å². The van der Waals surface area contributed by atoms with Gasteiger partial charge in [-0.05, 0) is 41.3 Å². The molecule has 0 saturated carbocycles. The molecule has 2 heterocycles. The fourth-order valence-corrected chi connectivity index (χ4v) is 3.11. The SMILES string of the molecule is Cc1ccc(C2=CC3c4ccccc4CN3C=C2)cc1. The smallest absolute Gasteiger partial charge is 0.0737 e. The molecule has 1 heteroatoms. The molecule has 2 aromatic carbocycles. The van der Waals surface area contributed by atoms with Gasteiger partial charge in [-0.25, -0.2) is 0 Å². The van der Waals surface area contributed by atoms with Crippen LogP contribution in [0, 0.1) is 6.92 Å². The van der Waals surface area contributed by atoms with Crippen LogP contribution in [0.3, 0.4) is 0 Å². The molecule has 2 aliphatic heterocycles. The van der Waals surface area contributed by atoms with E-state index in [0.717, 1.165) is 6.54 Å². The molecule has 1 nitrogen and oxygen atoms in total. The predicted octanol–water partition coefficient (Wildman–Crippen LogP) is 4.46. The maximum atomic E-state index is 2.41. The van der Waals surface area contributed by atoms with Crippen LogP contribution >= 0.6 is 0 Å². The molecule has 0 fully saturated rings. The summed E-state index contributed by atoms with van der Waals surface area (Å²) in [5.74, 6) is 0. The zero-order valence-electron chi connectivity index (χ0n) is 11.6. The Kier molecular flexibility index (Phi) is 2.53.